The van der Waals surface area contributed by atoms with Gasteiger partial charge in [-0.1, -0.05) is 0 Å². The second-order valence-corrected chi connectivity index (χ2v) is 5.30. The van der Waals surface area contributed by atoms with Crippen LogP contribution in [0, 0.1) is 5.92 Å². The summed E-state index contributed by atoms with van der Waals surface area (Å²) in [6, 6.07) is 0. The first-order valence-electron chi connectivity index (χ1n) is 3.01. The number of fused-ring (bicyclic) bond motifs is 1. The van der Waals surface area contributed by atoms with Gasteiger partial charge in [0.05, 0.1) is 11.5 Å². The molecule has 1 saturated heterocycles. The Hall–Kier alpha value is -0.0900. The SMILES string of the molecule is NC12CC1CS(=O)(=O)C2. The van der Waals surface area contributed by atoms with Crippen molar-refractivity contribution in [2.75, 3.05) is 11.5 Å². The monoisotopic (exact) mass is 147 g/mol. The first-order chi connectivity index (χ1) is 4.02. The Morgan fingerprint density at radius 1 is 1.56 bits per heavy atom. The zero-order chi connectivity index (χ0) is 6.70. The van der Waals surface area contributed by atoms with Crippen LogP contribution in [-0.2, 0) is 9.84 Å². The van der Waals surface area contributed by atoms with Gasteiger partial charge >= 0.3 is 0 Å². The maximum absolute atomic E-state index is 10.8. The number of hydrogen-bond acceptors (Lipinski definition) is 3. The van der Waals surface area contributed by atoms with Crippen LogP contribution in [0.15, 0.2) is 0 Å². The summed E-state index contributed by atoms with van der Waals surface area (Å²) < 4.78 is 21.6. The van der Waals surface area contributed by atoms with E-state index in [1.165, 1.54) is 0 Å². The molecule has 2 N–H and O–H groups in total. The van der Waals surface area contributed by atoms with E-state index in [9.17, 15) is 8.42 Å². The van der Waals surface area contributed by atoms with Crippen LogP contribution >= 0.6 is 0 Å². The van der Waals surface area contributed by atoms with E-state index in [-0.39, 0.29) is 11.3 Å². The van der Waals surface area contributed by atoms with Crippen molar-refractivity contribution < 1.29 is 8.42 Å². The minimum absolute atomic E-state index is 0.227. The fourth-order valence-electron chi connectivity index (χ4n) is 1.58. The molecule has 9 heavy (non-hydrogen) atoms. The molecular formula is C5H9NO2S. The van der Waals surface area contributed by atoms with Gasteiger partial charge in [-0.05, 0) is 12.3 Å². The molecular weight excluding hydrogens is 138 g/mol. The van der Waals surface area contributed by atoms with Gasteiger partial charge in [0.2, 0.25) is 0 Å². The maximum atomic E-state index is 10.8. The van der Waals surface area contributed by atoms with Gasteiger partial charge < -0.3 is 5.73 Å². The van der Waals surface area contributed by atoms with Gasteiger partial charge in [0.15, 0.2) is 9.84 Å². The Kier molecular flexibility index (Phi) is 0.743. The first-order valence-corrected chi connectivity index (χ1v) is 4.83. The molecule has 0 aromatic rings. The summed E-state index contributed by atoms with van der Waals surface area (Å²) >= 11 is 0. The largest absolute Gasteiger partial charge is 0.324 e. The highest BCUT2D eigenvalue weighted by atomic mass is 32.2. The van der Waals surface area contributed by atoms with E-state index < -0.39 is 9.84 Å². The summed E-state index contributed by atoms with van der Waals surface area (Å²) in [4.78, 5) is 0. The lowest BCUT2D eigenvalue weighted by atomic mass is 10.3. The number of nitrogens with two attached hydrogens (primary N) is 1. The molecule has 1 aliphatic carbocycles. The molecule has 0 spiro atoms. The van der Waals surface area contributed by atoms with Crippen LogP contribution < -0.4 is 5.73 Å². The van der Waals surface area contributed by atoms with Gasteiger partial charge in [-0.2, -0.15) is 0 Å². The summed E-state index contributed by atoms with van der Waals surface area (Å²) in [7, 11) is -2.73. The molecule has 2 aliphatic rings. The topological polar surface area (TPSA) is 60.2 Å². The molecule has 4 heteroatoms. The molecule has 3 nitrogen and oxygen atoms in total. The van der Waals surface area contributed by atoms with Crippen LogP contribution in [0.3, 0.4) is 0 Å². The van der Waals surface area contributed by atoms with Gasteiger partial charge in [-0.3, -0.25) is 0 Å². The van der Waals surface area contributed by atoms with E-state index in [1.54, 1.807) is 0 Å². The predicted molar refractivity (Wildman–Crippen MR) is 33.7 cm³/mol. The second kappa shape index (κ2) is 1.18. The van der Waals surface area contributed by atoms with Gasteiger partial charge in [-0.15, -0.1) is 0 Å². The second-order valence-electron chi connectivity index (χ2n) is 3.19. The van der Waals surface area contributed by atoms with Crippen LogP contribution in [-0.4, -0.2) is 25.5 Å². The normalized spacial score (nSPS) is 52.8. The minimum atomic E-state index is -2.73. The van der Waals surface area contributed by atoms with Crippen molar-refractivity contribution in [3.05, 3.63) is 0 Å². The lowest BCUT2D eigenvalue weighted by molar-refractivity contribution is 0.595. The number of hydrogen-bond donors (Lipinski definition) is 1. The Morgan fingerprint density at radius 2 is 2.22 bits per heavy atom. The third-order valence-electron chi connectivity index (χ3n) is 2.22. The van der Waals surface area contributed by atoms with Gasteiger partial charge in [0, 0.05) is 5.54 Å². The third kappa shape index (κ3) is 0.697. The van der Waals surface area contributed by atoms with Gasteiger partial charge in [-0.25, -0.2) is 8.42 Å². The molecule has 0 aromatic carbocycles. The molecule has 0 bridgehead atoms. The summed E-state index contributed by atoms with van der Waals surface area (Å²) in [6.45, 7) is 0. The lowest BCUT2D eigenvalue weighted by Gasteiger charge is -1.98. The van der Waals surface area contributed by atoms with Crippen LogP contribution in [0.25, 0.3) is 0 Å². The smallest absolute Gasteiger partial charge is 0.152 e. The standard InChI is InChI=1S/C5H9NO2S/c6-5-1-4(5)2-9(7,8)3-5/h4H,1-3,6H2. The van der Waals surface area contributed by atoms with Crippen LogP contribution in [0.2, 0.25) is 0 Å². The fourth-order valence-corrected chi connectivity index (χ4v) is 3.93. The molecule has 1 heterocycles. The summed E-state index contributed by atoms with van der Waals surface area (Å²) in [5.41, 5.74) is 5.36. The van der Waals surface area contributed by atoms with E-state index in [2.05, 4.69) is 0 Å². The zero-order valence-corrected chi connectivity index (χ0v) is 5.82. The van der Waals surface area contributed by atoms with Crippen LogP contribution in [0.5, 0.6) is 0 Å². The maximum Gasteiger partial charge on any atom is 0.152 e. The van der Waals surface area contributed by atoms with E-state index in [0.29, 0.717) is 11.7 Å². The molecule has 0 aromatic heterocycles. The Labute approximate surface area is 54.2 Å². The molecule has 1 saturated carbocycles. The summed E-state index contributed by atoms with van der Waals surface area (Å²) in [5, 5.41) is 0. The number of rotatable bonds is 0. The van der Waals surface area contributed by atoms with Gasteiger partial charge in [0.1, 0.15) is 0 Å². The molecule has 0 amide bonds. The highest BCUT2D eigenvalue weighted by Crippen LogP contribution is 2.48. The Bertz CT molecular complexity index is 246. The summed E-state index contributed by atoms with van der Waals surface area (Å²) in [5.74, 6) is 0.858. The molecule has 0 radical (unpaired) electrons. The third-order valence-corrected chi connectivity index (χ3v) is 4.11. The zero-order valence-electron chi connectivity index (χ0n) is 5.00. The van der Waals surface area contributed by atoms with E-state index in [1.807, 2.05) is 0 Å². The van der Waals surface area contributed by atoms with E-state index in [4.69, 9.17) is 5.73 Å². The predicted octanol–water partition coefficient (Wildman–Crippen LogP) is -0.868. The molecule has 52 valence electrons. The molecule has 2 atom stereocenters. The molecule has 2 rings (SSSR count). The first kappa shape index (κ1) is 5.68. The Morgan fingerprint density at radius 3 is 2.44 bits per heavy atom. The van der Waals surface area contributed by atoms with Crippen molar-refractivity contribution in [1.82, 2.24) is 0 Å². The van der Waals surface area contributed by atoms with E-state index in [0.717, 1.165) is 6.42 Å². The van der Waals surface area contributed by atoms with Crippen LogP contribution in [0.4, 0.5) is 0 Å². The average Bonchev–Trinajstić information content (AvgIpc) is 2.03. The molecule has 2 unspecified atom stereocenters. The fraction of sp³-hybridized carbons (Fsp3) is 1.00. The van der Waals surface area contributed by atoms with Crippen molar-refractivity contribution >= 4 is 9.84 Å². The average molecular weight is 147 g/mol. The van der Waals surface area contributed by atoms with Gasteiger partial charge in [0.25, 0.3) is 0 Å². The van der Waals surface area contributed by atoms with Crippen molar-refractivity contribution in [2.24, 2.45) is 11.7 Å². The van der Waals surface area contributed by atoms with Crippen molar-refractivity contribution in [3.63, 3.8) is 0 Å². The highest BCUT2D eigenvalue weighted by Gasteiger charge is 2.60. The number of sulfone groups is 1. The van der Waals surface area contributed by atoms with Crippen molar-refractivity contribution in [1.29, 1.82) is 0 Å². The molecule has 2 fully saturated rings. The molecule has 1 aliphatic heterocycles. The van der Waals surface area contributed by atoms with Crippen molar-refractivity contribution in [2.45, 2.75) is 12.0 Å². The minimum Gasteiger partial charge on any atom is -0.324 e. The highest BCUT2D eigenvalue weighted by molar-refractivity contribution is 7.91. The van der Waals surface area contributed by atoms with Crippen molar-refractivity contribution in [3.8, 4) is 0 Å². The Balaban J connectivity index is 2.33. The lowest BCUT2D eigenvalue weighted by Crippen LogP contribution is -2.27. The van der Waals surface area contributed by atoms with Crippen LogP contribution in [0.1, 0.15) is 6.42 Å². The van der Waals surface area contributed by atoms with E-state index >= 15 is 0 Å². The summed E-state index contributed by atoms with van der Waals surface area (Å²) in [6.07, 6.45) is 0.923. The quantitative estimate of drug-likeness (QED) is 0.484.